The Labute approximate surface area is 202 Å². The number of hydrogen-bond donors (Lipinski definition) is 1. The van der Waals surface area contributed by atoms with Gasteiger partial charge >= 0.3 is 0 Å². The molecule has 178 valence electrons. The summed E-state index contributed by atoms with van der Waals surface area (Å²) in [6.45, 7) is 7.92. The molecule has 0 saturated heterocycles. The van der Waals surface area contributed by atoms with Crippen molar-refractivity contribution in [2.45, 2.75) is 45.8 Å². The molecule has 1 amide bonds. The van der Waals surface area contributed by atoms with Gasteiger partial charge in [0.15, 0.2) is 11.5 Å². The Morgan fingerprint density at radius 3 is 2.18 bits per heavy atom. The average molecular weight is 459 g/mol. The maximum atomic E-state index is 13.1. The number of nitrogens with zero attached hydrogens (tertiary/aromatic N) is 1. The fourth-order valence-corrected chi connectivity index (χ4v) is 4.79. The largest absolute Gasteiger partial charge is 0.493 e. The first-order valence-electron chi connectivity index (χ1n) is 11.8. The minimum absolute atomic E-state index is 0.000687. The lowest BCUT2D eigenvalue weighted by Gasteiger charge is -2.41. The topological polar surface area (TPSA) is 50.8 Å². The van der Waals surface area contributed by atoms with Crippen molar-refractivity contribution in [3.05, 3.63) is 94.0 Å². The predicted molar refractivity (Wildman–Crippen MR) is 136 cm³/mol. The van der Waals surface area contributed by atoms with Gasteiger partial charge < -0.3 is 14.8 Å². The van der Waals surface area contributed by atoms with Gasteiger partial charge in [-0.2, -0.15) is 0 Å². The van der Waals surface area contributed by atoms with Crippen LogP contribution in [0.15, 0.2) is 60.7 Å². The molecule has 1 heterocycles. The van der Waals surface area contributed by atoms with Crippen molar-refractivity contribution in [1.82, 2.24) is 10.2 Å². The summed E-state index contributed by atoms with van der Waals surface area (Å²) >= 11 is 0. The minimum atomic E-state index is -0.114. The summed E-state index contributed by atoms with van der Waals surface area (Å²) in [6, 6.07) is 20.4. The highest BCUT2D eigenvalue weighted by atomic mass is 16.5. The zero-order chi connectivity index (χ0) is 24.2. The van der Waals surface area contributed by atoms with Gasteiger partial charge in [0.1, 0.15) is 0 Å². The van der Waals surface area contributed by atoms with E-state index in [9.17, 15) is 4.79 Å². The van der Waals surface area contributed by atoms with Crippen LogP contribution in [0.1, 0.15) is 51.1 Å². The summed E-state index contributed by atoms with van der Waals surface area (Å²) < 4.78 is 11.2. The maximum Gasteiger partial charge on any atom is 0.251 e. The van der Waals surface area contributed by atoms with E-state index in [1.54, 1.807) is 14.2 Å². The van der Waals surface area contributed by atoms with Crippen molar-refractivity contribution in [2.24, 2.45) is 0 Å². The highest BCUT2D eigenvalue weighted by Gasteiger charge is 2.34. The third-order valence-corrected chi connectivity index (χ3v) is 6.68. The lowest BCUT2D eigenvalue weighted by Crippen LogP contribution is -2.47. The number of amides is 1. The van der Waals surface area contributed by atoms with E-state index in [4.69, 9.17) is 9.47 Å². The smallest absolute Gasteiger partial charge is 0.251 e. The number of fused-ring (bicyclic) bond motifs is 1. The molecular weight excluding hydrogens is 424 g/mol. The van der Waals surface area contributed by atoms with Crippen LogP contribution >= 0.6 is 0 Å². The Hall–Kier alpha value is -3.31. The van der Waals surface area contributed by atoms with E-state index in [0.29, 0.717) is 11.3 Å². The van der Waals surface area contributed by atoms with E-state index in [1.165, 1.54) is 22.3 Å². The molecule has 3 aromatic carbocycles. The number of carbonyl (C=O) groups is 1. The van der Waals surface area contributed by atoms with Crippen LogP contribution in [-0.4, -0.2) is 37.6 Å². The molecule has 0 unspecified atom stereocenters. The fraction of sp³-hybridized carbons (Fsp3) is 0.345. The van der Waals surface area contributed by atoms with Crippen LogP contribution in [0.2, 0.25) is 0 Å². The molecule has 1 N–H and O–H groups in total. The summed E-state index contributed by atoms with van der Waals surface area (Å²) in [6.07, 6.45) is 0.913. The lowest BCUT2D eigenvalue weighted by atomic mass is 9.87. The van der Waals surface area contributed by atoms with Crippen LogP contribution in [0, 0.1) is 13.8 Å². The molecule has 5 nitrogen and oxygen atoms in total. The summed E-state index contributed by atoms with van der Waals surface area (Å²) in [7, 11) is 3.33. The molecule has 0 aliphatic carbocycles. The first kappa shape index (κ1) is 23.8. The van der Waals surface area contributed by atoms with E-state index < -0.39 is 0 Å². The molecule has 2 atom stereocenters. The van der Waals surface area contributed by atoms with Gasteiger partial charge in [0, 0.05) is 24.7 Å². The third kappa shape index (κ3) is 5.10. The Kier molecular flexibility index (Phi) is 7.23. The summed E-state index contributed by atoms with van der Waals surface area (Å²) in [5.41, 5.74) is 6.73. The molecule has 0 fully saturated rings. The Bertz CT molecular complexity index is 1140. The zero-order valence-electron chi connectivity index (χ0n) is 20.7. The van der Waals surface area contributed by atoms with Crippen molar-refractivity contribution in [3.63, 3.8) is 0 Å². The second-order valence-electron chi connectivity index (χ2n) is 9.19. The Balaban J connectivity index is 1.67. The number of carbonyl (C=O) groups excluding carboxylic acids is 1. The van der Waals surface area contributed by atoms with E-state index in [0.717, 1.165) is 30.8 Å². The normalized spacial score (nSPS) is 16.4. The van der Waals surface area contributed by atoms with Crippen molar-refractivity contribution < 1.29 is 14.3 Å². The third-order valence-electron chi connectivity index (χ3n) is 6.68. The number of rotatable bonds is 7. The highest BCUT2D eigenvalue weighted by molar-refractivity contribution is 5.94. The first-order valence-corrected chi connectivity index (χ1v) is 11.8. The van der Waals surface area contributed by atoms with Gasteiger partial charge in [-0.3, -0.25) is 9.69 Å². The van der Waals surface area contributed by atoms with Gasteiger partial charge in [0.2, 0.25) is 0 Å². The molecule has 0 radical (unpaired) electrons. The minimum Gasteiger partial charge on any atom is -0.493 e. The molecule has 0 bridgehead atoms. The average Bonchev–Trinajstić information content (AvgIpc) is 2.84. The quantitative estimate of drug-likeness (QED) is 0.526. The van der Waals surface area contributed by atoms with Crippen LogP contribution < -0.4 is 14.8 Å². The Morgan fingerprint density at radius 2 is 1.56 bits per heavy atom. The van der Waals surface area contributed by atoms with Gasteiger partial charge in [-0.15, -0.1) is 0 Å². The zero-order valence-corrected chi connectivity index (χ0v) is 20.7. The van der Waals surface area contributed by atoms with Gasteiger partial charge in [-0.05, 0) is 68.1 Å². The number of ether oxygens (including phenoxy) is 2. The lowest BCUT2D eigenvalue weighted by molar-refractivity contribution is 0.0877. The molecular formula is C29H34N2O3. The van der Waals surface area contributed by atoms with E-state index in [-0.39, 0.29) is 18.0 Å². The Morgan fingerprint density at radius 1 is 0.971 bits per heavy atom. The van der Waals surface area contributed by atoms with Gasteiger partial charge in [0.25, 0.3) is 5.91 Å². The maximum absolute atomic E-state index is 13.1. The molecule has 34 heavy (non-hydrogen) atoms. The summed E-state index contributed by atoms with van der Waals surface area (Å²) in [4.78, 5) is 15.5. The predicted octanol–water partition coefficient (Wildman–Crippen LogP) is 5.24. The SMILES string of the molecule is COc1cc2c(cc1OC)[C@H]([C@H](C)NC(=O)c1ccc(C)cc1)N(Cc1ccc(C)cc1)CC2. The fourth-order valence-electron chi connectivity index (χ4n) is 4.79. The van der Waals surface area contributed by atoms with Crippen molar-refractivity contribution in [1.29, 1.82) is 0 Å². The van der Waals surface area contributed by atoms with Crippen molar-refractivity contribution >= 4 is 5.91 Å². The highest BCUT2D eigenvalue weighted by Crippen LogP contribution is 2.40. The second kappa shape index (κ2) is 10.3. The van der Waals surface area contributed by atoms with Crippen LogP contribution in [0.5, 0.6) is 11.5 Å². The van der Waals surface area contributed by atoms with E-state index >= 15 is 0 Å². The summed E-state index contributed by atoms with van der Waals surface area (Å²) in [5.74, 6) is 1.39. The first-order chi connectivity index (χ1) is 16.4. The van der Waals surface area contributed by atoms with Gasteiger partial charge in [0.05, 0.1) is 20.3 Å². The van der Waals surface area contributed by atoms with Crippen molar-refractivity contribution in [2.75, 3.05) is 20.8 Å². The number of methoxy groups -OCH3 is 2. The standard InChI is InChI=1S/C29H34N2O3/c1-19-6-10-22(11-7-19)18-31-15-14-24-16-26(33-4)27(34-5)17-25(24)28(31)21(3)30-29(32)23-12-8-20(2)9-13-23/h6-13,16-17,21,28H,14-15,18H2,1-5H3,(H,30,32)/t21-,28-/m0/s1. The molecule has 3 aromatic rings. The van der Waals surface area contributed by atoms with Crippen LogP contribution in [0.4, 0.5) is 0 Å². The molecule has 1 aliphatic rings. The summed E-state index contributed by atoms with van der Waals surface area (Å²) in [5, 5.41) is 3.26. The van der Waals surface area contributed by atoms with E-state index in [1.807, 2.05) is 31.2 Å². The molecule has 0 aromatic heterocycles. The van der Waals surface area contributed by atoms with Crippen LogP contribution in [-0.2, 0) is 13.0 Å². The number of hydrogen-bond acceptors (Lipinski definition) is 4. The van der Waals surface area contributed by atoms with Crippen LogP contribution in [0.3, 0.4) is 0 Å². The van der Waals surface area contributed by atoms with Crippen molar-refractivity contribution in [3.8, 4) is 11.5 Å². The number of aryl methyl sites for hydroxylation is 2. The van der Waals surface area contributed by atoms with Gasteiger partial charge in [-0.25, -0.2) is 0 Å². The van der Waals surface area contributed by atoms with Gasteiger partial charge in [-0.1, -0.05) is 47.5 Å². The second-order valence-corrected chi connectivity index (χ2v) is 9.19. The molecule has 4 rings (SSSR count). The molecule has 5 heteroatoms. The number of nitrogens with one attached hydrogen (secondary N) is 1. The number of benzene rings is 3. The van der Waals surface area contributed by atoms with Crippen LogP contribution in [0.25, 0.3) is 0 Å². The molecule has 0 saturated carbocycles. The van der Waals surface area contributed by atoms with E-state index in [2.05, 4.69) is 60.5 Å². The molecule has 0 spiro atoms. The molecule has 1 aliphatic heterocycles. The monoisotopic (exact) mass is 458 g/mol.